The van der Waals surface area contributed by atoms with Gasteiger partial charge in [-0.3, -0.25) is 0 Å². The molecular formula is C26H21Cl2NO2. The van der Waals surface area contributed by atoms with Crippen LogP contribution in [-0.2, 0) is 13.2 Å². The highest BCUT2D eigenvalue weighted by molar-refractivity contribution is 6.32. The summed E-state index contributed by atoms with van der Waals surface area (Å²) in [5, 5.41) is 4.64. The number of nitrogens with one attached hydrogen (secondary N) is 1. The van der Waals surface area contributed by atoms with Crippen LogP contribution in [0, 0.1) is 0 Å². The zero-order valence-corrected chi connectivity index (χ0v) is 18.2. The van der Waals surface area contributed by atoms with Crippen LogP contribution in [0.15, 0.2) is 97.1 Å². The molecule has 0 radical (unpaired) electrons. The number of benzene rings is 4. The normalized spacial score (nSPS) is 10.5. The van der Waals surface area contributed by atoms with Crippen molar-refractivity contribution in [2.24, 2.45) is 0 Å². The Kier molecular flexibility index (Phi) is 6.98. The zero-order chi connectivity index (χ0) is 21.5. The van der Waals surface area contributed by atoms with Gasteiger partial charge in [-0.15, -0.1) is 0 Å². The van der Waals surface area contributed by atoms with Crippen molar-refractivity contribution in [3.63, 3.8) is 0 Å². The monoisotopic (exact) mass is 449 g/mol. The summed E-state index contributed by atoms with van der Waals surface area (Å²) in [6, 6.07) is 31.0. The summed E-state index contributed by atoms with van der Waals surface area (Å²) in [5.74, 6) is 2.24. The Labute approximate surface area is 192 Å². The standard InChI is InChI=1S/C26H21Cl2NO2/c27-24-9-5-4-6-20(24)18-30-26-15-10-19(16-25(26)28)17-29-21-11-13-23(14-12-21)31-22-7-2-1-3-8-22/h1-16,29H,17-18H2. The first-order valence-corrected chi connectivity index (χ1v) is 10.6. The van der Waals surface area contributed by atoms with Crippen molar-refractivity contribution in [3.05, 3.63) is 118 Å². The summed E-state index contributed by atoms with van der Waals surface area (Å²) in [7, 11) is 0. The molecule has 4 aromatic carbocycles. The predicted molar refractivity (Wildman–Crippen MR) is 128 cm³/mol. The van der Waals surface area contributed by atoms with E-state index in [1.165, 1.54) is 0 Å². The maximum Gasteiger partial charge on any atom is 0.138 e. The molecule has 0 unspecified atom stereocenters. The van der Waals surface area contributed by atoms with Gasteiger partial charge in [0.2, 0.25) is 0 Å². The van der Waals surface area contributed by atoms with Crippen LogP contribution in [0.4, 0.5) is 5.69 Å². The molecule has 0 amide bonds. The van der Waals surface area contributed by atoms with Crippen molar-refractivity contribution >= 4 is 28.9 Å². The number of para-hydroxylation sites is 1. The third-order valence-corrected chi connectivity index (χ3v) is 5.33. The molecule has 0 aromatic heterocycles. The summed E-state index contributed by atoms with van der Waals surface area (Å²) >= 11 is 12.6. The second kappa shape index (κ2) is 10.3. The number of anilines is 1. The van der Waals surface area contributed by atoms with Crippen molar-refractivity contribution in [2.75, 3.05) is 5.32 Å². The first-order chi connectivity index (χ1) is 15.2. The third-order valence-electron chi connectivity index (χ3n) is 4.67. The highest BCUT2D eigenvalue weighted by atomic mass is 35.5. The van der Waals surface area contributed by atoms with Crippen molar-refractivity contribution < 1.29 is 9.47 Å². The second-order valence-electron chi connectivity index (χ2n) is 6.94. The van der Waals surface area contributed by atoms with E-state index in [9.17, 15) is 0 Å². The second-order valence-corrected chi connectivity index (χ2v) is 7.75. The van der Waals surface area contributed by atoms with Gasteiger partial charge in [-0.2, -0.15) is 0 Å². The van der Waals surface area contributed by atoms with Gasteiger partial charge in [0.25, 0.3) is 0 Å². The smallest absolute Gasteiger partial charge is 0.138 e. The number of hydrogen-bond acceptors (Lipinski definition) is 3. The molecule has 3 nitrogen and oxygen atoms in total. The number of rotatable bonds is 8. The molecule has 0 saturated heterocycles. The minimum atomic E-state index is 0.369. The van der Waals surface area contributed by atoms with Crippen molar-refractivity contribution in [1.29, 1.82) is 0 Å². The Morgan fingerprint density at radius 3 is 2.13 bits per heavy atom. The Bertz CT molecular complexity index is 1130. The molecule has 31 heavy (non-hydrogen) atoms. The fourth-order valence-corrected chi connectivity index (χ4v) is 3.46. The molecule has 0 fully saturated rings. The lowest BCUT2D eigenvalue weighted by Gasteiger charge is -2.12. The fourth-order valence-electron chi connectivity index (χ4n) is 3.01. The lowest BCUT2D eigenvalue weighted by atomic mass is 10.2. The van der Waals surface area contributed by atoms with Gasteiger partial charge in [-0.25, -0.2) is 0 Å². The Morgan fingerprint density at radius 1 is 0.677 bits per heavy atom. The minimum absolute atomic E-state index is 0.369. The van der Waals surface area contributed by atoms with E-state index in [-0.39, 0.29) is 0 Å². The van der Waals surface area contributed by atoms with Crippen LogP contribution in [0.2, 0.25) is 10.0 Å². The van der Waals surface area contributed by atoms with Crippen molar-refractivity contribution in [2.45, 2.75) is 13.2 Å². The van der Waals surface area contributed by atoms with Gasteiger partial charge in [-0.05, 0) is 60.2 Å². The highest BCUT2D eigenvalue weighted by Crippen LogP contribution is 2.28. The van der Waals surface area contributed by atoms with Crippen LogP contribution in [0.1, 0.15) is 11.1 Å². The summed E-state index contributed by atoms with van der Waals surface area (Å²) in [4.78, 5) is 0. The molecule has 5 heteroatoms. The summed E-state index contributed by atoms with van der Waals surface area (Å²) in [6.45, 7) is 1.01. The van der Waals surface area contributed by atoms with E-state index < -0.39 is 0 Å². The van der Waals surface area contributed by atoms with Gasteiger partial charge in [0.15, 0.2) is 0 Å². The Morgan fingerprint density at radius 2 is 1.39 bits per heavy atom. The number of hydrogen-bond donors (Lipinski definition) is 1. The molecule has 0 bridgehead atoms. The molecule has 156 valence electrons. The molecule has 0 aliphatic rings. The molecule has 0 aliphatic heterocycles. The zero-order valence-electron chi connectivity index (χ0n) is 16.7. The minimum Gasteiger partial charge on any atom is -0.487 e. The Hall–Kier alpha value is -3.14. The highest BCUT2D eigenvalue weighted by Gasteiger charge is 2.06. The van der Waals surface area contributed by atoms with Crippen LogP contribution >= 0.6 is 23.2 Å². The summed E-state index contributed by atoms with van der Waals surface area (Å²) in [5.41, 5.74) is 2.97. The van der Waals surface area contributed by atoms with E-state index in [1.807, 2.05) is 97.1 Å². The first-order valence-electron chi connectivity index (χ1n) is 9.89. The average molecular weight is 450 g/mol. The van der Waals surface area contributed by atoms with Gasteiger partial charge in [-0.1, -0.05) is 65.7 Å². The largest absolute Gasteiger partial charge is 0.487 e. The van der Waals surface area contributed by atoms with Crippen molar-refractivity contribution in [3.8, 4) is 17.2 Å². The lowest BCUT2D eigenvalue weighted by Crippen LogP contribution is -2.01. The van der Waals surface area contributed by atoms with Crippen LogP contribution in [0.5, 0.6) is 17.2 Å². The van der Waals surface area contributed by atoms with Crippen LogP contribution < -0.4 is 14.8 Å². The van der Waals surface area contributed by atoms with E-state index >= 15 is 0 Å². The Balaban J connectivity index is 1.31. The predicted octanol–water partition coefficient (Wildman–Crippen LogP) is 7.98. The first kappa shape index (κ1) is 21.1. The number of halogens is 2. The lowest BCUT2D eigenvalue weighted by molar-refractivity contribution is 0.306. The van der Waals surface area contributed by atoms with E-state index in [1.54, 1.807) is 0 Å². The number of ether oxygens (including phenoxy) is 2. The van der Waals surface area contributed by atoms with Gasteiger partial charge < -0.3 is 14.8 Å². The van der Waals surface area contributed by atoms with Gasteiger partial charge in [0, 0.05) is 22.8 Å². The summed E-state index contributed by atoms with van der Waals surface area (Å²) in [6.07, 6.45) is 0. The van der Waals surface area contributed by atoms with Crippen LogP contribution in [0.3, 0.4) is 0 Å². The molecule has 0 heterocycles. The van der Waals surface area contributed by atoms with Crippen LogP contribution in [-0.4, -0.2) is 0 Å². The quantitative estimate of drug-likeness (QED) is 0.295. The molecule has 0 saturated carbocycles. The van der Waals surface area contributed by atoms with Gasteiger partial charge in [0.05, 0.1) is 5.02 Å². The molecular weight excluding hydrogens is 429 g/mol. The summed E-state index contributed by atoms with van der Waals surface area (Å²) < 4.78 is 11.7. The van der Waals surface area contributed by atoms with Crippen molar-refractivity contribution in [1.82, 2.24) is 0 Å². The van der Waals surface area contributed by atoms with E-state index in [2.05, 4.69) is 5.32 Å². The molecule has 0 spiro atoms. The molecule has 4 rings (SSSR count). The van der Waals surface area contributed by atoms with E-state index in [0.717, 1.165) is 28.3 Å². The fraction of sp³-hybridized carbons (Fsp3) is 0.0769. The SMILES string of the molecule is Clc1ccccc1COc1ccc(CNc2ccc(Oc3ccccc3)cc2)cc1Cl. The van der Waals surface area contributed by atoms with Gasteiger partial charge in [0.1, 0.15) is 23.9 Å². The third kappa shape index (κ3) is 5.94. The molecule has 4 aromatic rings. The molecule has 1 N–H and O–H groups in total. The average Bonchev–Trinajstić information content (AvgIpc) is 2.80. The van der Waals surface area contributed by atoms with E-state index in [4.69, 9.17) is 32.7 Å². The maximum atomic E-state index is 6.41. The van der Waals surface area contributed by atoms with Crippen LogP contribution in [0.25, 0.3) is 0 Å². The molecule has 0 aliphatic carbocycles. The maximum absolute atomic E-state index is 6.41. The molecule has 0 atom stereocenters. The van der Waals surface area contributed by atoms with E-state index in [0.29, 0.717) is 28.9 Å². The van der Waals surface area contributed by atoms with Gasteiger partial charge >= 0.3 is 0 Å². The topological polar surface area (TPSA) is 30.5 Å².